The number of aromatic nitrogens is 4. The highest BCUT2D eigenvalue weighted by molar-refractivity contribution is 7.80. The zero-order chi connectivity index (χ0) is 23.8. The number of halogens is 2. The molecule has 0 aliphatic rings. The lowest BCUT2D eigenvalue weighted by atomic mass is 10.2. The highest BCUT2D eigenvalue weighted by Crippen LogP contribution is 2.32. The van der Waals surface area contributed by atoms with Crippen molar-refractivity contribution in [1.29, 1.82) is 0 Å². The number of benzene rings is 2. The maximum Gasteiger partial charge on any atom is 0.293 e. The van der Waals surface area contributed by atoms with E-state index in [1.807, 2.05) is 31.2 Å². The summed E-state index contributed by atoms with van der Waals surface area (Å²) < 4.78 is 7.36. The predicted molar refractivity (Wildman–Crippen MR) is 137 cm³/mol. The second-order valence-corrected chi connectivity index (χ2v) is 9.30. The fourth-order valence-electron chi connectivity index (χ4n) is 3.21. The molecule has 3 heterocycles. The Labute approximate surface area is 212 Å². The Morgan fingerprint density at radius 3 is 2.71 bits per heavy atom. The molecule has 0 saturated carbocycles. The first-order valence-corrected chi connectivity index (χ1v) is 11.8. The van der Waals surface area contributed by atoms with Crippen LogP contribution in [0.5, 0.6) is 0 Å². The van der Waals surface area contributed by atoms with Crippen molar-refractivity contribution in [3.8, 4) is 21.9 Å². The molecule has 170 valence electrons. The molecule has 2 aromatic carbocycles. The van der Waals surface area contributed by atoms with Crippen LogP contribution in [0.25, 0.3) is 26.9 Å². The first kappa shape index (κ1) is 22.5. The molecular weight excluding hydrogens is 515 g/mol. The van der Waals surface area contributed by atoms with Gasteiger partial charge < -0.3 is 9.73 Å². The number of anilines is 1. The number of para-hydroxylation sites is 1. The number of furan rings is 1. The van der Waals surface area contributed by atoms with Crippen LogP contribution in [0.2, 0.25) is 10.0 Å². The van der Waals surface area contributed by atoms with Crippen LogP contribution in [0.1, 0.15) is 16.4 Å². The van der Waals surface area contributed by atoms with Gasteiger partial charge in [0.15, 0.2) is 16.7 Å². The van der Waals surface area contributed by atoms with Crippen LogP contribution in [0.15, 0.2) is 59.0 Å². The van der Waals surface area contributed by atoms with E-state index in [1.54, 1.807) is 34.8 Å². The largest absolute Gasteiger partial charge is 0.451 e. The van der Waals surface area contributed by atoms with E-state index < -0.39 is 5.91 Å². The van der Waals surface area contributed by atoms with E-state index in [4.69, 9.17) is 39.8 Å². The highest BCUT2D eigenvalue weighted by atomic mass is 35.5. The SMILES string of the molecule is Cc1nnc2sc(-c3ccccc3NC(=S)NC(=O)c3ccc(-c4ccc(Cl)cc4Cl)o3)nn12. The summed E-state index contributed by atoms with van der Waals surface area (Å²) in [5.41, 5.74) is 2.12. The standard InChI is InChI=1S/C22H14Cl2N6O2S2/c1-11-27-28-22-30(11)29-20(34-22)14-4-2-3-5-16(14)25-21(33)26-19(31)18-9-8-17(32-18)13-7-6-12(23)10-15(13)24/h2-10H,1H3,(H2,25,26,31,33). The third-order valence-electron chi connectivity index (χ3n) is 4.81. The molecule has 0 fully saturated rings. The Kier molecular flexibility index (Phi) is 6.05. The summed E-state index contributed by atoms with van der Waals surface area (Å²) in [5.74, 6) is 0.723. The van der Waals surface area contributed by atoms with Crippen LogP contribution in [0, 0.1) is 6.92 Å². The highest BCUT2D eigenvalue weighted by Gasteiger charge is 2.17. The summed E-state index contributed by atoms with van der Waals surface area (Å²) in [6.45, 7) is 1.83. The van der Waals surface area contributed by atoms with Gasteiger partial charge in [0.2, 0.25) is 4.96 Å². The molecular formula is C22H14Cl2N6O2S2. The van der Waals surface area contributed by atoms with Gasteiger partial charge in [-0.1, -0.05) is 46.7 Å². The summed E-state index contributed by atoms with van der Waals surface area (Å²) in [5, 5.41) is 20.1. The van der Waals surface area contributed by atoms with Crippen LogP contribution in [-0.2, 0) is 0 Å². The number of hydrogen-bond acceptors (Lipinski definition) is 7. The third-order valence-corrected chi connectivity index (χ3v) is 6.49. The molecule has 3 aromatic heterocycles. The smallest absolute Gasteiger partial charge is 0.293 e. The number of nitrogens with one attached hydrogen (secondary N) is 2. The average molecular weight is 529 g/mol. The van der Waals surface area contributed by atoms with Crippen molar-refractivity contribution in [3.05, 3.63) is 76.2 Å². The van der Waals surface area contributed by atoms with E-state index >= 15 is 0 Å². The number of rotatable bonds is 4. The molecule has 12 heteroatoms. The monoisotopic (exact) mass is 528 g/mol. The van der Waals surface area contributed by atoms with Crippen LogP contribution in [-0.4, -0.2) is 30.8 Å². The lowest BCUT2D eigenvalue weighted by Gasteiger charge is -2.11. The van der Waals surface area contributed by atoms with Crippen molar-refractivity contribution in [3.63, 3.8) is 0 Å². The maximum absolute atomic E-state index is 12.7. The molecule has 0 atom stereocenters. The van der Waals surface area contributed by atoms with Gasteiger partial charge in [0.1, 0.15) is 10.8 Å². The predicted octanol–water partition coefficient (Wildman–Crippen LogP) is 5.85. The van der Waals surface area contributed by atoms with E-state index in [0.29, 0.717) is 37.8 Å². The fraction of sp³-hybridized carbons (Fsp3) is 0.0455. The molecule has 0 radical (unpaired) electrons. The second kappa shape index (κ2) is 9.15. The first-order valence-electron chi connectivity index (χ1n) is 9.85. The van der Waals surface area contributed by atoms with Gasteiger partial charge in [-0.05, 0) is 61.6 Å². The summed E-state index contributed by atoms with van der Waals surface area (Å²) >= 11 is 18.9. The molecule has 5 rings (SSSR count). The van der Waals surface area contributed by atoms with E-state index in [1.165, 1.54) is 11.3 Å². The summed E-state index contributed by atoms with van der Waals surface area (Å²) in [7, 11) is 0. The van der Waals surface area contributed by atoms with Crippen LogP contribution in [0.3, 0.4) is 0 Å². The van der Waals surface area contributed by atoms with Crippen LogP contribution in [0.4, 0.5) is 5.69 Å². The summed E-state index contributed by atoms with van der Waals surface area (Å²) in [6.07, 6.45) is 0. The van der Waals surface area contributed by atoms with Gasteiger partial charge in [-0.15, -0.1) is 10.2 Å². The van der Waals surface area contributed by atoms with Crippen molar-refractivity contribution in [2.75, 3.05) is 5.32 Å². The van der Waals surface area contributed by atoms with Gasteiger partial charge in [-0.2, -0.15) is 9.61 Å². The molecule has 0 bridgehead atoms. The Morgan fingerprint density at radius 2 is 1.91 bits per heavy atom. The number of amides is 1. The second-order valence-electron chi connectivity index (χ2n) is 7.09. The number of carbonyl (C=O) groups is 1. The normalized spacial score (nSPS) is 11.0. The number of nitrogens with zero attached hydrogens (tertiary/aromatic N) is 4. The summed E-state index contributed by atoms with van der Waals surface area (Å²) in [4.78, 5) is 13.4. The Balaban J connectivity index is 1.31. The number of thiocarbonyl (C=S) groups is 1. The lowest BCUT2D eigenvalue weighted by molar-refractivity contribution is 0.0951. The van der Waals surface area contributed by atoms with Crippen molar-refractivity contribution in [2.24, 2.45) is 0 Å². The minimum atomic E-state index is -0.499. The van der Waals surface area contributed by atoms with Crippen LogP contribution >= 0.6 is 46.8 Å². The molecule has 0 aliphatic heterocycles. The van der Waals surface area contributed by atoms with Crippen LogP contribution < -0.4 is 10.6 Å². The van der Waals surface area contributed by atoms with Crippen molar-refractivity contribution < 1.29 is 9.21 Å². The fourth-order valence-corrected chi connectivity index (χ4v) is 4.84. The molecule has 1 amide bonds. The molecule has 0 aliphatic carbocycles. The lowest BCUT2D eigenvalue weighted by Crippen LogP contribution is -2.34. The topological polar surface area (TPSA) is 97.3 Å². The third kappa shape index (κ3) is 4.40. The molecule has 0 saturated heterocycles. The molecule has 2 N–H and O–H groups in total. The zero-order valence-corrected chi connectivity index (χ0v) is 20.5. The minimum absolute atomic E-state index is 0.0857. The molecule has 8 nitrogen and oxygen atoms in total. The van der Waals surface area contributed by atoms with Gasteiger partial charge in [0.25, 0.3) is 5.91 Å². The summed E-state index contributed by atoms with van der Waals surface area (Å²) in [6, 6.07) is 15.7. The van der Waals surface area contributed by atoms with E-state index in [0.717, 1.165) is 10.6 Å². The molecule has 0 spiro atoms. The number of hydrogen-bond donors (Lipinski definition) is 2. The zero-order valence-electron chi connectivity index (χ0n) is 17.4. The van der Waals surface area contributed by atoms with Crippen molar-refractivity contribution >= 4 is 68.4 Å². The first-order chi connectivity index (χ1) is 16.4. The van der Waals surface area contributed by atoms with Gasteiger partial charge in [-0.25, -0.2) is 0 Å². The molecule has 5 aromatic rings. The number of aryl methyl sites for hydroxylation is 1. The van der Waals surface area contributed by atoms with Gasteiger partial charge in [-0.3, -0.25) is 10.1 Å². The van der Waals surface area contributed by atoms with Crippen molar-refractivity contribution in [2.45, 2.75) is 6.92 Å². The van der Waals surface area contributed by atoms with Gasteiger partial charge in [0.05, 0.1) is 10.7 Å². The Bertz CT molecular complexity index is 1560. The quantitative estimate of drug-likeness (QED) is 0.282. The maximum atomic E-state index is 12.7. The molecule has 0 unspecified atom stereocenters. The Morgan fingerprint density at radius 1 is 1.09 bits per heavy atom. The number of fused-ring (bicyclic) bond motifs is 1. The van der Waals surface area contributed by atoms with E-state index in [-0.39, 0.29) is 10.9 Å². The molecule has 34 heavy (non-hydrogen) atoms. The van der Waals surface area contributed by atoms with Crippen molar-refractivity contribution in [1.82, 2.24) is 25.1 Å². The van der Waals surface area contributed by atoms with Gasteiger partial charge >= 0.3 is 0 Å². The Hall–Kier alpha value is -3.31. The number of carbonyl (C=O) groups excluding carboxylic acids is 1. The minimum Gasteiger partial charge on any atom is -0.451 e. The van der Waals surface area contributed by atoms with Gasteiger partial charge in [0, 0.05) is 16.1 Å². The average Bonchev–Trinajstić information content (AvgIpc) is 3.52. The van der Waals surface area contributed by atoms with E-state index in [9.17, 15) is 4.79 Å². The van der Waals surface area contributed by atoms with E-state index in [2.05, 4.69) is 25.9 Å².